The van der Waals surface area contributed by atoms with Gasteiger partial charge in [-0.25, -0.2) is 4.79 Å². The summed E-state index contributed by atoms with van der Waals surface area (Å²) in [6, 6.07) is 10.4. The average Bonchev–Trinajstić information content (AvgIpc) is 2.63. The van der Waals surface area contributed by atoms with E-state index in [1.807, 2.05) is 0 Å². The summed E-state index contributed by atoms with van der Waals surface area (Å²) in [4.78, 5) is 35.9. The summed E-state index contributed by atoms with van der Waals surface area (Å²) in [5.74, 6) is -1.05. The van der Waals surface area contributed by atoms with Gasteiger partial charge in [-0.1, -0.05) is 0 Å². The number of hydrogen-bond donors (Lipinski definition) is 3. The molecule has 0 saturated heterocycles. The maximum Gasteiger partial charge on any atom is 0.337 e. The number of carbonyl (C=O) groups excluding carboxylic acids is 3. The second-order valence-corrected chi connectivity index (χ2v) is 5.60. The second kappa shape index (κ2) is 7.14. The van der Waals surface area contributed by atoms with E-state index in [0.29, 0.717) is 11.4 Å². The Kier molecular flexibility index (Phi) is 4.74. The van der Waals surface area contributed by atoms with Crippen molar-refractivity contribution in [3.63, 3.8) is 0 Å². The van der Waals surface area contributed by atoms with E-state index < -0.39 is 23.9 Å². The smallest absolute Gasteiger partial charge is 0.337 e. The molecule has 0 aliphatic carbocycles. The molecule has 0 fully saturated rings. The van der Waals surface area contributed by atoms with E-state index in [2.05, 4.69) is 15.4 Å². The SMILES string of the molecule is COC(=O)c1ccc2c(c1)OC(CC(=O)Nc1ccc(O)cc1)C(=O)N2. The minimum atomic E-state index is -1.03. The van der Waals surface area contributed by atoms with Gasteiger partial charge in [0.25, 0.3) is 5.91 Å². The Hall–Kier alpha value is -3.55. The molecule has 0 spiro atoms. The number of hydrogen-bond acceptors (Lipinski definition) is 6. The van der Waals surface area contributed by atoms with Crippen LogP contribution >= 0.6 is 0 Å². The van der Waals surface area contributed by atoms with Crippen LogP contribution in [0, 0.1) is 0 Å². The summed E-state index contributed by atoms with van der Waals surface area (Å²) < 4.78 is 10.2. The highest BCUT2D eigenvalue weighted by atomic mass is 16.5. The van der Waals surface area contributed by atoms with Crippen LogP contribution < -0.4 is 15.4 Å². The van der Waals surface area contributed by atoms with Gasteiger partial charge >= 0.3 is 5.97 Å². The standard InChI is InChI=1S/C18H16N2O6/c1-25-18(24)10-2-7-13-14(8-10)26-15(17(23)20-13)9-16(22)19-11-3-5-12(21)6-4-11/h2-8,15,21H,9H2,1H3,(H,19,22)(H,20,23). The van der Waals surface area contributed by atoms with Gasteiger partial charge in [0.1, 0.15) is 11.5 Å². The van der Waals surface area contributed by atoms with Gasteiger partial charge in [0.2, 0.25) is 5.91 Å². The summed E-state index contributed by atoms with van der Waals surface area (Å²) in [5.41, 5.74) is 1.17. The predicted octanol–water partition coefficient (Wildman–Crippen LogP) is 1.91. The Bertz CT molecular complexity index is 862. The third-order valence-electron chi connectivity index (χ3n) is 3.74. The van der Waals surface area contributed by atoms with Crippen molar-refractivity contribution in [1.29, 1.82) is 0 Å². The Balaban J connectivity index is 1.69. The molecular weight excluding hydrogens is 340 g/mol. The lowest BCUT2D eigenvalue weighted by Gasteiger charge is -2.25. The first-order valence-electron chi connectivity index (χ1n) is 7.75. The maximum absolute atomic E-state index is 12.1. The van der Waals surface area contributed by atoms with Crippen LogP contribution in [0.3, 0.4) is 0 Å². The molecular formula is C18H16N2O6. The fraction of sp³-hybridized carbons (Fsp3) is 0.167. The molecule has 134 valence electrons. The Morgan fingerprint density at radius 3 is 2.65 bits per heavy atom. The number of benzene rings is 2. The fourth-order valence-corrected chi connectivity index (χ4v) is 2.45. The number of fused-ring (bicyclic) bond motifs is 1. The monoisotopic (exact) mass is 356 g/mol. The molecule has 8 nitrogen and oxygen atoms in total. The molecule has 1 aliphatic rings. The molecule has 0 aromatic heterocycles. The first-order chi connectivity index (χ1) is 12.5. The lowest BCUT2D eigenvalue weighted by atomic mass is 10.1. The molecule has 0 saturated carbocycles. The van der Waals surface area contributed by atoms with Crippen LogP contribution in [0.15, 0.2) is 42.5 Å². The van der Waals surface area contributed by atoms with E-state index in [0.717, 1.165) is 0 Å². The number of carbonyl (C=O) groups is 3. The zero-order valence-corrected chi connectivity index (χ0v) is 13.8. The minimum absolute atomic E-state index is 0.0796. The van der Waals surface area contributed by atoms with E-state index in [-0.39, 0.29) is 23.5 Å². The van der Waals surface area contributed by atoms with Crippen molar-refractivity contribution in [2.24, 2.45) is 0 Å². The topological polar surface area (TPSA) is 114 Å². The second-order valence-electron chi connectivity index (χ2n) is 5.60. The first-order valence-corrected chi connectivity index (χ1v) is 7.75. The van der Waals surface area contributed by atoms with Crippen molar-refractivity contribution in [3.8, 4) is 11.5 Å². The summed E-state index contributed by atoms with van der Waals surface area (Å²) >= 11 is 0. The van der Waals surface area contributed by atoms with Crippen LogP contribution in [0.25, 0.3) is 0 Å². The minimum Gasteiger partial charge on any atom is -0.508 e. The van der Waals surface area contributed by atoms with Gasteiger partial charge in [0, 0.05) is 5.69 Å². The van der Waals surface area contributed by atoms with E-state index in [9.17, 15) is 19.5 Å². The van der Waals surface area contributed by atoms with Crippen molar-refractivity contribution in [2.75, 3.05) is 17.7 Å². The molecule has 1 atom stereocenters. The van der Waals surface area contributed by atoms with Gasteiger partial charge in [-0.15, -0.1) is 0 Å². The highest BCUT2D eigenvalue weighted by molar-refractivity contribution is 6.02. The van der Waals surface area contributed by atoms with Crippen molar-refractivity contribution in [2.45, 2.75) is 12.5 Å². The fourth-order valence-electron chi connectivity index (χ4n) is 2.45. The highest BCUT2D eigenvalue weighted by Crippen LogP contribution is 2.31. The Morgan fingerprint density at radius 1 is 1.23 bits per heavy atom. The van der Waals surface area contributed by atoms with E-state index in [1.54, 1.807) is 0 Å². The van der Waals surface area contributed by atoms with Crippen molar-refractivity contribution >= 4 is 29.2 Å². The zero-order chi connectivity index (χ0) is 18.7. The van der Waals surface area contributed by atoms with Gasteiger partial charge in [-0.2, -0.15) is 0 Å². The van der Waals surface area contributed by atoms with Crippen LogP contribution in [0.4, 0.5) is 11.4 Å². The lowest BCUT2D eigenvalue weighted by Crippen LogP contribution is -2.39. The Labute approximate surface area is 148 Å². The summed E-state index contributed by atoms with van der Waals surface area (Å²) in [5, 5.41) is 14.5. The Morgan fingerprint density at radius 2 is 1.96 bits per heavy atom. The third-order valence-corrected chi connectivity index (χ3v) is 3.74. The number of rotatable bonds is 4. The van der Waals surface area contributed by atoms with Crippen LogP contribution in [0.2, 0.25) is 0 Å². The molecule has 1 heterocycles. The lowest BCUT2D eigenvalue weighted by molar-refractivity contribution is -0.128. The third kappa shape index (κ3) is 3.75. The molecule has 3 rings (SSSR count). The number of phenols is 1. The number of ether oxygens (including phenoxy) is 2. The molecule has 0 bridgehead atoms. The van der Waals surface area contributed by atoms with Gasteiger partial charge in [0.15, 0.2) is 6.10 Å². The van der Waals surface area contributed by atoms with Crippen LogP contribution in [0.1, 0.15) is 16.8 Å². The molecule has 2 aromatic carbocycles. The van der Waals surface area contributed by atoms with Crippen molar-refractivity contribution < 1.29 is 29.0 Å². The van der Waals surface area contributed by atoms with E-state index >= 15 is 0 Å². The van der Waals surface area contributed by atoms with Crippen LogP contribution in [-0.4, -0.2) is 36.1 Å². The highest BCUT2D eigenvalue weighted by Gasteiger charge is 2.30. The molecule has 1 unspecified atom stereocenters. The summed E-state index contributed by atoms with van der Waals surface area (Å²) in [6.07, 6.45) is -1.25. The molecule has 26 heavy (non-hydrogen) atoms. The number of phenolic OH excluding ortho intramolecular Hbond substituents is 1. The molecule has 3 N–H and O–H groups in total. The molecule has 2 amide bonds. The number of anilines is 2. The van der Waals surface area contributed by atoms with Crippen LogP contribution in [-0.2, 0) is 14.3 Å². The number of amides is 2. The van der Waals surface area contributed by atoms with Crippen molar-refractivity contribution in [3.05, 3.63) is 48.0 Å². The summed E-state index contributed by atoms with van der Waals surface area (Å²) in [6.45, 7) is 0. The van der Waals surface area contributed by atoms with Gasteiger partial charge in [0.05, 0.1) is 24.8 Å². The number of nitrogens with one attached hydrogen (secondary N) is 2. The normalized spacial score (nSPS) is 15.3. The first kappa shape index (κ1) is 17.3. The van der Waals surface area contributed by atoms with Crippen molar-refractivity contribution in [1.82, 2.24) is 0 Å². The molecule has 1 aliphatic heterocycles. The molecule has 8 heteroatoms. The largest absolute Gasteiger partial charge is 0.508 e. The maximum atomic E-state index is 12.1. The summed E-state index contributed by atoms with van der Waals surface area (Å²) in [7, 11) is 1.26. The van der Waals surface area contributed by atoms with Gasteiger partial charge in [-0.05, 0) is 42.5 Å². The molecule has 2 aromatic rings. The predicted molar refractivity (Wildman–Crippen MR) is 92.2 cm³/mol. The van der Waals surface area contributed by atoms with Gasteiger partial charge in [-0.3, -0.25) is 9.59 Å². The molecule has 0 radical (unpaired) electrons. The number of methoxy groups -OCH3 is 1. The average molecular weight is 356 g/mol. The van der Waals surface area contributed by atoms with E-state index in [4.69, 9.17) is 4.74 Å². The van der Waals surface area contributed by atoms with E-state index in [1.165, 1.54) is 49.6 Å². The quantitative estimate of drug-likeness (QED) is 0.570. The number of esters is 1. The number of aromatic hydroxyl groups is 1. The van der Waals surface area contributed by atoms with Crippen LogP contribution in [0.5, 0.6) is 11.5 Å². The van der Waals surface area contributed by atoms with Gasteiger partial charge < -0.3 is 25.2 Å². The zero-order valence-electron chi connectivity index (χ0n) is 13.8.